The fourth-order valence-electron chi connectivity index (χ4n) is 2.14. The van der Waals surface area contributed by atoms with E-state index in [0.29, 0.717) is 11.9 Å². The number of pyridine rings is 1. The van der Waals surface area contributed by atoms with Crippen LogP contribution in [0.1, 0.15) is 28.1 Å². The molecule has 0 spiro atoms. The molecule has 0 unspecified atom stereocenters. The molecule has 2 aromatic rings. The van der Waals surface area contributed by atoms with Gasteiger partial charge >= 0.3 is 0 Å². The summed E-state index contributed by atoms with van der Waals surface area (Å²) in [7, 11) is 0. The van der Waals surface area contributed by atoms with Crippen LogP contribution in [-0.4, -0.2) is 4.98 Å². The Labute approximate surface area is 123 Å². The molecule has 0 saturated heterocycles. The summed E-state index contributed by atoms with van der Waals surface area (Å²) in [5, 5.41) is 0.705. The van der Waals surface area contributed by atoms with Gasteiger partial charge in [-0.2, -0.15) is 0 Å². The van der Waals surface area contributed by atoms with Crippen LogP contribution in [0.15, 0.2) is 30.3 Å². The highest BCUT2D eigenvalue weighted by Crippen LogP contribution is 2.21. The Kier molecular flexibility index (Phi) is 4.59. The van der Waals surface area contributed by atoms with Gasteiger partial charge in [-0.1, -0.05) is 45.3 Å². The van der Waals surface area contributed by atoms with Gasteiger partial charge in [-0.25, -0.2) is 0 Å². The second-order valence-corrected chi connectivity index (χ2v) is 5.38. The SMILES string of the molecule is Cc1cc(C)cc(COc2ccc(C)nc2CBr)c1. The predicted octanol–water partition coefficient (Wildman–Crippen LogP) is 4.48. The third kappa shape index (κ3) is 3.80. The predicted molar refractivity (Wildman–Crippen MR) is 81.9 cm³/mol. The fraction of sp³-hybridized carbons (Fsp3) is 0.312. The van der Waals surface area contributed by atoms with Crippen molar-refractivity contribution in [3.05, 3.63) is 58.4 Å². The topological polar surface area (TPSA) is 22.1 Å². The van der Waals surface area contributed by atoms with Crippen LogP contribution in [0, 0.1) is 20.8 Å². The summed E-state index contributed by atoms with van der Waals surface area (Å²) in [6, 6.07) is 10.4. The van der Waals surface area contributed by atoms with Gasteiger partial charge in [0.1, 0.15) is 12.4 Å². The van der Waals surface area contributed by atoms with Crippen molar-refractivity contribution in [3.63, 3.8) is 0 Å². The second-order valence-electron chi connectivity index (χ2n) is 4.82. The monoisotopic (exact) mass is 319 g/mol. The first-order valence-corrected chi connectivity index (χ1v) is 7.43. The van der Waals surface area contributed by atoms with E-state index in [9.17, 15) is 0 Å². The van der Waals surface area contributed by atoms with Crippen LogP contribution in [-0.2, 0) is 11.9 Å². The van der Waals surface area contributed by atoms with Crippen molar-refractivity contribution < 1.29 is 4.74 Å². The summed E-state index contributed by atoms with van der Waals surface area (Å²) in [6.07, 6.45) is 0. The number of nitrogens with zero attached hydrogens (tertiary/aromatic N) is 1. The molecule has 1 aromatic heterocycles. The molecular formula is C16H18BrNO. The van der Waals surface area contributed by atoms with E-state index in [2.05, 4.69) is 53.0 Å². The van der Waals surface area contributed by atoms with Crippen LogP contribution in [0.25, 0.3) is 0 Å². The lowest BCUT2D eigenvalue weighted by molar-refractivity contribution is 0.302. The first kappa shape index (κ1) is 14.1. The molecule has 0 N–H and O–H groups in total. The van der Waals surface area contributed by atoms with Crippen LogP contribution < -0.4 is 4.74 Å². The molecule has 0 radical (unpaired) electrons. The minimum atomic E-state index is 0.577. The molecule has 0 bridgehead atoms. The molecule has 0 aliphatic carbocycles. The molecule has 19 heavy (non-hydrogen) atoms. The molecule has 2 nitrogen and oxygen atoms in total. The summed E-state index contributed by atoms with van der Waals surface area (Å²) in [5.74, 6) is 0.849. The van der Waals surface area contributed by atoms with Gasteiger partial charge < -0.3 is 4.74 Å². The summed E-state index contributed by atoms with van der Waals surface area (Å²) in [4.78, 5) is 4.47. The van der Waals surface area contributed by atoms with Crippen LogP contribution in [0.4, 0.5) is 0 Å². The van der Waals surface area contributed by atoms with Crippen LogP contribution in [0.5, 0.6) is 5.75 Å². The third-order valence-electron chi connectivity index (χ3n) is 2.87. The van der Waals surface area contributed by atoms with Crippen molar-refractivity contribution >= 4 is 15.9 Å². The molecule has 0 fully saturated rings. The summed E-state index contributed by atoms with van der Waals surface area (Å²) >= 11 is 3.45. The molecule has 3 heteroatoms. The van der Waals surface area contributed by atoms with Gasteiger partial charge in [-0.15, -0.1) is 0 Å². The number of aromatic nitrogens is 1. The molecule has 2 rings (SSSR count). The molecule has 0 aliphatic heterocycles. The van der Waals surface area contributed by atoms with E-state index in [4.69, 9.17) is 4.74 Å². The highest BCUT2D eigenvalue weighted by Gasteiger charge is 2.05. The molecule has 1 aromatic carbocycles. The Morgan fingerprint density at radius 3 is 2.37 bits per heavy atom. The maximum atomic E-state index is 5.89. The summed E-state index contributed by atoms with van der Waals surface area (Å²) < 4.78 is 5.89. The highest BCUT2D eigenvalue weighted by molar-refractivity contribution is 9.08. The molecule has 100 valence electrons. The Morgan fingerprint density at radius 2 is 1.74 bits per heavy atom. The Bertz CT molecular complexity index is 561. The number of hydrogen-bond donors (Lipinski definition) is 0. The number of rotatable bonds is 4. The van der Waals surface area contributed by atoms with E-state index in [1.54, 1.807) is 0 Å². The fourth-order valence-corrected chi connectivity index (χ4v) is 2.54. The van der Waals surface area contributed by atoms with Gasteiger partial charge in [0.15, 0.2) is 0 Å². The smallest absolute Gasteiger partial charge is 0.142 e. The lowest BCUT2D eigenvalue weighted by Gasteiger charge is -2.11. The zero-order valence-electron chi connectivity index (χ0n) is 11.5. The molecule has 0 saturated carbocycles. The zero-order valence-corrected chi connectivity index (χ0v) is 13.1. The molecule has 0 aliphatic rings. The maximum Gasteiger partial charge on any atom is 0.142 e. The van der Waals surface area contributed by atoms with Gasteiger partial charge in [-0.05, 0) is 38.5 Å². The average Bonchev–Trinajstić information content (AvgIpc) is 2.36. The van der Waals surface area contributed by atoms with Gasteiger partial charge in [-0.3, -0.25) is 4.98 Å². The first-order valence-electron chi connectivity index (χ1n) is 6.31. The Morgan fingerprint density at radius 1 is 1.05 bits per heavy atom. The zero-order chi connectivity index (χ0) is 13.8. The number of benzene rings is 1. The van der Waals surface area contributed by atoms with E-state index < -0.39 is 0 Å². The van der Waals surface area contributed by atoms with Gasteiger partial charge in [0.05, 0.1) is 5.69 Å². The van der Waals surface area contributed by atoms with Crippen molar-refractivity contribution in [2.75, 3.05) is 0 Å². The largest absolute Gasteiger partial charge is 0.487 e. The van der Waals surface area contributed by atoms with Crippen LogP contribution in [0.3, 0.4) is 0 Å². The standard InChI is InChI=1S/C16H18BrNO/c1-11-6-12(2)8-14(7-11)10-19-16-5-4-13(3)18-15(16)9-17/h4-8H,9-10H2,1-3H3. The highest BCUT2D eigenvalue weighted by atomic mass is 79.9. The van der Waals surface area contributed by atoms with E-state index in [0.717, 1.165) is 17.1 Å². The van der Waals surface area contributed by atoms with E-state index in [1.807, 2.05) is 19.1 Å². The summed E-state index contributed by atoms with van der Waals surface area (Å²) in [6.45, 7) is 6.77. The van der Waals surface area contributed by atoms with E-state index in [1.165, 1.54) is 16.7 Å². The number of aryl methyl sites for hydroxylation is 3. The maximum absolute atomic E-state index is 5.89. The van der Waals surface area contributed by atoms with Gasteiger partial charge in [0.25, 0.3) is 0 Å². The quantitative estimate of drug-likeness (QED) is 0.775. The normalized spacial score (nSPS) is 10.5. The third-order valence-corrected chi connectivity index (χ3v) is 3.41. The number of halogens is 1. The van der Waals surface area contributed by atoms with Crippen molar-refractivity contribution in [3.8, 4) is 5.75 Å². The van der Waals surface area contributed by atoms with Crippen molar-refractivity contribution in [1.29, 1.82) is 0 Å². The Balaban J connectivity index is 2.14. The van der Waals surface area contributed by atoms with Crippen molar-refractivity contribution in [1.82, 2.24) is 4.98 Å². The number of alkyl halides is 1. The Hall–Kier alpha value is -1.35. The van der Waals surface area contributed by atoms with Gasteiger partial charge in [0, 0.05) is 11.0 Å². The minimum Gasteiger partial charge on any atom is -0.487 e. The molecule has 0 amide bonds. The van der Waals surface area contributed by atoms with Crippen molar-refractivity contribution in [2.45, 2.75) is 32.7 Å². The second kappa shape index (κ2) is 6.20. The van der Waals surface area contributed by atoms with Gasteiger partial charge in [0.2, 0.25) is 0 Å². The molecule has 0 atom stereocenters. The van der Waals surface area contributed by atoms with Crippen LogP contribution in [0.2, 0.25) is 0 Å². The first-order chi connectivity index (χ1) is 9.08. The summed E-state index contributed by atoms with van der Waals surface area (Å²) in [5.41, 5.74) is 5.68. The van der Waals surface area contributed by atoms with E-state index >= 15 is 0 Å². The number of ether oxygens (including phenoxy) is 1. The van der Waals surface area contributed by atoms with E-state index in [-0.39, 0.29) is 0 Å². The lowest BCUT2D eigenvalue weighted by atomic mass is 10.1. The minimum absolute atomic E-state index is 0.577. The lowest BCUT2D eigenvalue weighted by Crippen LogP contribution is -2.01. The molecular weight excluding hydrogens is 302 g/mol. The number of hydrogen-bond acceptors (Lipinski definition) is 2. The van der Waals surface area contributed by atoms with Crippen LogP contribution >= 0.6 is 15.9 Å². The van der Waals surface area contributed by atoms with Crippen molar-refractivity contribution in [2.24, 2.45) is 0 Å². The molecule has 1 heterocycles. The average molecular weight is 320 g/mol.